The Bertz CT molecular complexity index is 469. The van der Waals surface area contributed by atoms with Crippen LogP contribution in [0.2, 0.25) is 0 Å². The van der Waals surface area contributed by atoms with Gasteiger partial charge in [0.05, 0.1) is 0 Å². The number of rotatable bonds is 4. The number of amides is 2. The zero-order valence-electron chi connectivity index (χ0n) is 13.9. The number of carbonyl (C=O) groups is 2. The van der Waals surface area contributed by atoms with Gasteiger partial charge < -0.3 is 10.6 Å². The summed E-state index contributed by atoms with van der Waals surface area (Å²) in [4.78, 5) is 23.7. The van der Waals surface area contributed by atoms with E-state index in [4.69, 9.17) is 0 Å². The third-order valence-electron chi connectivity index (χ3n) is 4.62. The fraction of sp³-hybridized carbons (Fsp3) is 0.647. The maximum absolute atomic E-state index is 11.9. The Kier molecular flexibility index (Phi) is 5.37. The first-order valence-electron chi connectivity index (χ1n) is 7.51. The van der Waals surface area contributed by atoms with Gasteiger partial charge in [0.25, 0.3) is 0 Å². The zero-order valence-corrected chi connectivity index (χ0v) is 13.9. The topological polar surface area (TPSA) is 58.2 Å². The van der Waals surface area contributed by atoms with E-state index in [1.807, 2.05) is 0 Å². The molecule has 4 heteroatoms. The number of hydrogen-bond acceptors (Lipinski definition) is 2. The van der Waals surface area contributed by atoms with E-state index in [1.165, 1.54) is 0 Å². The van der Waals surface area contributed by atoms with Crippen molar-refractivity contribution in [1.29, 1.82) is 0 Å². The van der Waals surface area contributed by atoms with Crippen LogP contribution in [0.1, 0.15) is 47.5 Å². The van der Waals surface area contributed by atoms with Crippen molar-refractivity contribution in [1.82, 2.24) is 10.6 Å². The molecule has 0 aromatic heterocycles. The van der Waals surface area contributed by atoms with Gasteiger partial charge in [-0.05, 0) is 45.4 Å². The third-order valence-corrected chi connectivity index (χ3v) is 4.62. The SMILES string of the molecule is C=C(C)C(=O)NC1CC(C)C(C)(NC(=O)C(=C)C)CC1C. The summed E-state index contributed by atoms with van der Waals surface area (Å²) in [5.41, 5.74) is 0.785. The highest BCUT2D eigenvalue weighted by atomic mass is 16.2. The Hall–Kier alpha value is -1.58. The normalized spacial score (nSPS) is 32.1. The monoisotopic (exact) mass is 292 g/mol. The molecule has 0 aromatic carbocycles. The summed E-state index contributed by atoms with van der Waals surface area (Å²) >= 11 is 0. The maximum atomic E-state index is 11.9. The molecule has 4 unspecified atom stereocenters. The van der Waals surface area contributed by atoms with Crippen LogP contribution in [0.15, 0.2) is 24.3 Å². The predicted molar refractivity (Wildman–Crippen MR) is 85.7 cm³/mol. The molecule has 1 aliphatic carbocycles. The molecule has 21 heavy (non-hydrogen) atoms. The van der Waals surface area contributed by atoms with E-state index in [9.17, 15) is 9.59 Å². The summed E-state index contributed by atoms with van der Waals surface area (Å²) < 4.78 is 0. The third kappa shape index (κ3) is 4.19. The van der Waals surface area contributed by atoms with Crippen molar-refractivity contribution in [3.63, 3.8) is 0 Å². The van der Waals surface area contributed by atoms with Gasteiger partial charge in [0, 0.05) is 22.7 Å². The van der Waals surface area contributed by atoms with Crippen molar-refractivity contribution in [3.8, 4) is 0 Å². The van der Waals surface area contributed by atoms with Crippen molar-refractivity contribution in [2.24, 2.45) is 11.8 Å². The van der Waals surface area contributed by atoms with Crippen LogP contribution in [-0.4, -0.2) is 23.4 Å². The molecule has 4 atom stereocenters. The maximum Gasteiger partial charge on any atom is 0.246 e. The largest absolute Gasteiger partial charge is 0.349 e. The lowest BCUT2D eigenvalue weighted by atomic mass is 9.68. The molecule has 1 aliphatic rings. The van der Waals surface area contributed by atoms with Crippen LogP contribution in [-0.2, 0) is 9.59 Å². The molecule has 0 aromatic rings. The molecule has 2 amide bonds. The lowest BCUT2D eigenvalue weighted by Gasteiger charge is -2.47. The standard InChI is InChI=1S/C17H28N2O2/c1-10(2)15(20)18-14-8-13(6)17(7,9-12(14)5)19-16(21)11(3)4/h12-14H,1,3,8-9H2,2,4-7H3,(H,18,20)(H,19,21). The molecule has 1 rings (SSSR count). The van der Waals surface area contributed by atoms with Crippen LogP contribution in [0.5, 0.6) is 0 Å². The van der Waals surface area contributed by atoms with Crippen molar-refractivity contribution < 1.29 is 9.59 Å². The smallest absolute Gasteiger partial charge is 0.246 e. The van der Waals surface area contributed by atoms with E-state index < -0.39 is 0 Å². The van der Waals surface area contributed by atoms with E-state index in [2.05, 4.69) is 44.6 Å². The summed E-state index contributed by atoms with van der Waals surface area (Å²) in [5, 5.41) is 6.15. The van der Waals surface area contributed by atoms with E-state index in [1.54, 1.807) is 13.8 Å². The molecule has 0 spiro atoms. The highest BCUT2D eigenvalue weighted by Crippen LogP contribution is 2.37. The van der Waals surface area contributed by atoms with Crippen LogP contribution in [0.25, 0.3) is 0 Å². The lowest BCUT2D eigenvalue weighted by Crippen LogP contribution is -2.59. The molecule has 0 bridgehead atoms. The summed E-state index contributed by atoms with van der Waals surface area (Å²) in [6, 6.07) is 0.124. The Morgan fingerprint density at radius 2 is 1.62 bits per heavy atom. The van der Waals surface area contributed by atoms with Crippen molar-refractivity contribution in [2.75, 3.05) is 0 Å². The van der Waals surface area contributed by atoms with Gasteiger partial charge in [0.15, 0.2) is 0 Å². The Labute approximate surface area is 128 Å². The van der Waals surface area contributed by atoms with Crippen LogP contribution in [0.4, 0.5) is 0 Å². The fourth-order valence-corrected chi connectivity index (χ4v) is 2.92. The molecule has 0 saturated heterocycles. The number of nitrogens with one attached hydrogen (secondary N) is 2. The Morgan fingerprint density at radius 1 is 1.10 bits per heavy atom. The first-order valence-corrected chi connectivity index (χ1v) is 7.51. The summed E-state index contributed by atoms with van der Waals surface area (Å²) in [6.45, 7) is 17.1. The van der Waals surface area contributed by atoms with Gasteiger partial charge in [0.2, 0.25) is 11.8 Å². The van der Waals surface area contributed by atoms with E-state index in [0.29, 0.717) is 17.1 Å². The highest BCUT2D eigenvalue weighted by Gasteiger charge is 2.42. The Balaban J connectivity index is 2.77. The van der Waals surface area contributed by atoms with Gasteiger partial charge in [-0.1, -0.05) is 27.0 Å². The van der Waals surface area contributed by atoms with Crippen molar-refractivity contribution in [2.45, 2.75) is 59.0 Å². The Morgan fingerprint density at radius 3 is 2.10 bits per heavy atom. The summed E-state index contributed by atoms with van der Waals surface area (Å²) in [5.74, 6) is 0.377. The molecule has 1 fully saturated rings. The fourth-order valence-electron chi connectivity index (χ4n) is 2.92. The second-order valence-corrected chi connectivity index (χ2v) is 6.83. The van der Waals surface area contributed by atoms with E-state index in [-0.39, 0.29) is 29.3 Å². The lowest BCUT2D eigenvalue weighted by molar-refractivity contribution is -0.122. The van der Waals surface area contributed by atoms with Gasteiger partial charge in [-0.2, -0.15) is 0 Å². The van der Waals surface area contributed by atoms with E-state index >= 15 is 0 Å². The van der Waals surface area contributed by atoms with Gasteiger partial charge in [-0.25, -0.2) is 0 Å². The van der Waals surface area contributed by atoms with E-state index in [0.717, 1.165) is 12.8 Å². The van der Waals surface area contributed by atoms with Crippen LogP contribution in [0, 0.1) is 11.8 Å². The van der Waals surface area contributed by atoms with Crippen LogP contribution in [0.3, 0.4) is 0 Å². The minimum absolute atomic E-state index is 0.0892. The summed E-state index contributed by atoms with van der Waals surface area (Å²) in [6.07, 6.45) is 1.67. The molecular formula is C17H28N2O2. The van der Waals surface area contributed by atoms with Crippen molar-refractivity contribution in [3.05, 3.63) is 24.3 Å². The zero-order chi connectivity index (χ0) is 16.4. The average molecular weight is 292 g/mol. The van der Waals surface area contributed by atoms with Gasteiger partial charge >= 0.3 is 0 Å². The molecule has 118 valence electrons. The highest BCUT2D eigenvalue weighted by molar-refractivity contribution is 5.93. The molecule has 0 heterocycles. The summed E-state index contributed by atoms with van der Waals surface area (Å²) in [7, 11) is 0. The quantitative estimate of drug-likeness (QED) is 0.782. The van der Waals surface area contributed by atoms with Crippen LogP contribution < -0.4 is 10.6 Å². The second kappa shape index (κ2) is 6.46. The predicted octanol–water partition coefficient (Wildman–Crippen LogP) is 2.56. The number of hydrogen-bond donors (Lipinski definition) is 2. The molecule has 2 N–H and O–H groups in total. The second-order valence-electron chi connectivity index (χ2n) is 6.83. The molecular weight excluding hydrogens is 264 g/mol. The average Bonchev–Trinajstić information content (AvgIpc) is 2.35. The van der Waals surface area contributed by atoms with Gasteiger partial charge in [-0.3, -0.25) is 9.59 Å². The number of carbonyl (C=O) groups excluding carboxylic acids is 2. The minimum atomic E-state index is -0.264. The van der Waals surface area contributed by atoms with Gasteiger partial charge in [-0.15, -0.1) is 0 Å². The first-order chi connectivity index (χ1) is 9.56. The molecule has 1 saturated carbocycles. The molecule has 0 radical (unpaired) electrons. The van der Waals surface area contributed by atoms with Crippen LogP contribution >= 0.6 is 0 Å². The first kappa shape index (κ1) is 17.5. The van der Waals surface area contributed by atoms with Crippen molar-refractivity contribution >= 4 is 11.8 Å². The minimum Gasteiger partial charge on any atom is -0.349 e. The molecule has 0 aliphatic heterocycles. The molecule has 4 nitrogen and oxygen atoms in total. The van der Waals surface area contributed by atoms with Gasteiger partial charge in [0.1, 0.15) is 0 Å².